The average molecular weight is 217 g/mol. The summed E-state index contributed by atoms with van der Waals surface area (Å²) in [7, 11) is 0. The van der Waals surface area contributed by atoms with Crippen molar-refractivity contribution in [1.29, 1.82) is 0 Å². The molecule has 0 bridgehead atoms. The molecule has 0 spiro atoms. The predicted octanol–water partition coefficient (Wildman–Crippen LogP) is 2.51. The van der Waals surface area contributed by atoms with Gasteiger partial charge in [-0.15, -0.1) is 0 Å². The van der Waals surface area contributed by atoms with Crippen molar-refractivity contribution in [2.24, 2.45) is 0 Å². The maximum absolute atomic E-state index is 10.0. The number of rotatable bonds is 1. The summed E-state index contributed by atoms with van der Waals surface area (Å²) in [6.45, 7) is 0. The molecule has 3 nitrogen and oxygen atoms in total. The minimum Gasteiger partial charge on any atom is -0.449 e. The Morgan fingerprint density at radius 1 is 1.36 bits per heavy atom. The lowest BCUT2D eigenvalue weighted by Gasteiger charge is -1.97. The van der Waals surface area contributed by atoms with Crippen LogP contribution in [0.3, 0.4) is 0 Å². The van der Waals surface area contributed by atoms with Gasteiger partial charge in [0, 0.05) is 4.47 Å². The van der Waals surface area contributed by atoms with Crippen molar-refractivity contribution in [2.75, 3.05) is 0 Å². The Bertz CT molecular complexity index is 255. The lowest BCUT2D eigenvalue weighted by Crippen LogP contribution is -2.02. The van der Waals surface area contributed by atoms with E-state index in [0.29, 0.717) is 5.75 Å². The van der Waals surface area contributed by atoms with Crippen LogP contribution in [0.4, 0.5) is 4.79 Å². The molecule has 0 atom stereocenters. The molecule has 0 aliphatic carbocycles. The van der Waals surface area contributed by atoms with Gasteiger partial charge >= 0.3 is 6.16 Å². The maximum Gasteiger partial charge on any atom is 0.511 e. The molecule has 1 N–H and O–H groups in total. The summed E-state index contributed by atoms with van der Waals surface area (Å²) in [5.74, 6) is 0.320. The third kappa shape index (κ3) is 2.59. The van der Waals surface area contributed by atoms with Gasteiger partial charge in [0.05, 0.1) is 0 Å². The van der Waals surface area contributed by atoms with E-state index in [-0.39, 0.29) is 0 Å². The van der Waals surface area contributed by atoms with Gasteiger partial charge in [-0.05, 0) is 24.3 Å². The number of carbonyl (C=O) groups is 1. The van der Waals surface area contributed by atoms with Crippen molar-refractivity contribution in [1.82, 2.24) is 0 Å². The summed E-state index contributed by atoms with van der Waals surface area (Å²) in [5.41, 5.74) is 0. The van der Waals surface area contributed by atoms with E-state index in [2.05, 4.69) is 20.7 Å². The number of hydrogen-bond donors (Lipinski definition) is 1. The Morgan fingerprint density at radius 3 is 2.36 bits per heavy atom. The predicted molar refractivity (Wildman–Crippen MR) is 42.8 cm³/mol. The summed E-state index contributed by atoms with van der Waals surface area (Å²) in [4.78, 5) is 10.0. The van der Waals surface area contributed by atoms with Crippen LogP contribution in [0.25, 0.3) is 0 Å². The van der Waals surface area contributed by atoms with Gasteiger partial charge in [-0.2, -0.15) is 0 Å². The van der Waals surface area contributed by atoms with E-state index >= 15 is 0 Å². The van der Waals surface area contributed by atoms with Crippen LogP contribution in [0, 0.1) is 0 Å². The zero-order valence-electron chi connectivity index (χ0n) is 5.45. The summed E-state index contributed by atoms with van der Waals surface area (Å²) in [6, 6.07) is 6.55. The standard InChI is InChI=1S/C7H5BrO3/c8-5-1-3-6(4-2-5)11-7(9)10/h1-4H,(H,9,10). The number of hydrogen-bond acceptors (Lipinski definition) is 2. The zero-order valence-corrected chi connectivity index (χ0v) is 7.04. The van der Waals surface area contributed by atoms with E-state index in [1.807, 2.05) is 0 Å². The summed E-state index contributed by atoms with van der Waals surface area (Å²) in [6.07, 6.45) is -1.30. The van der Waals surface area contributed by atoms with Crippen molar-refractivity contribution in [3.8, 4) is 5.75 Å². The number of carboxylic acid groups (broad SMARTS) is 1. The largest absolute Gasteiger partial charge is 0.511 e. The molecule has 0 unspecified atom stereocenters. The Morgan fingerprint density at radius 2 is 1.91 bits per heavy atom. The molecule has 0 aliphatic rings. The normalized spacial score (nSPS) is 9.18. The zero-order chi connectivity index (χ0) is 8.27. The first-order valence-electron chi connectivity index (χ1n) is 2.85. The van der Waals surface area contributed by atoms with Crippen LogP contribution in [-0.2, 0) is 0 Å². The third-order valence-corrected chi connectivity index (χ3v) is 1.55. The lowest BCUT2D eigenvalue weighted by molar-refractivity contribution is 0.144. The minimum atomic E-state index is -1.30. The fourth-order valence-electron chi connectivity index (χ4n) is 0.603. The Kier molecular flexibility index (Phi) is 2.48. The first-order chi connectivity index (χ1) is 5.18. The van der Waals surface area contributed by atoms with Crippen molar-refractivity contribution in [3.05, 3.63) is 28.7 Å². The number of benzene rings is 1. The van der Waals surface area contributed by atoms with Gasteiger partial charge in [0.15, 0.2) is 0 Å². The van der Waals surface area contributed by atoms with Gasteiger partial charge in [0.25, 0.3) is 0 Å². The molecular formula is C7H5BrO3. The third-order valence-electron chi connectivity index (χ3n) is 1.02. The molecule has 0 fully saturated rings. The highest BCUT2D eigenvalue weighted by Crippen LogP contribution is 2.15. The van der Waals surface area contributed by atoms with Crippen LogP contribution in [0.5, 0.6) is 5.75 Å². The van der Waals surface area contributed by atoms with E-state index in [0.717, 1.165) is 4.47 Å². The molecule has 0 aliphatic heterocycles. The van der Waals surface area contributed by atoms with Gasteiger partial charge in [-0.3, -0.25) is 0 Å². The summed E-state index contributed by atoms with van der Waals surface area (Å²) in [5, 5.41) is 8.20. The number of halogens is 1. The molecule has 4 heteroatoms. The van der Waals surface area contributed by atoms with Crippen LogP contribution >= 0.6 is 15.9 Å². The molecule has 1 rings (SSSR count). The fourth-order valence-corrected chi connectivity index (χ4v) is 0.868. The first kappa shape index (κ1) is 8.07. The molecule has 0 saturated heterocycles. The molecular weight excluding hydrogens is 212 g/mol. The second-order valence-electron chi connectivity index (χ2n) is 1.82. The fraction of sp³-hybridized carbons (Fsp3) is 0. The van der Waals surface area contributed by atoms with E-state index in [1.165, 1.54) is 0 Å². The van der Waals surface area contributed by atoms with Crippen LogP contribution in [0.15, 0.2) is 28.7 Å². The smallest absolute Gasteiger partial charge is 0.449 e. The van der Waals surface area contributed by atoms with Gasteiger partial charge in [-0.25, -0.2) is 4.79 Å². The average Bonchev–Trinajstić information content (AvgIpc) is 1.93. The lowest BCUT2D eigenvalue weighted by atomic mass is 10.3. The summed E-state index contributed by atoms with van der Waals surface area (Å²) >= 11 is 3.21. The van der Waals surface area contributed by atoms with Crippen molar-refractivity contribution in [3.63, 3.8) is 0 Å². The molecule has 0 radical (unpaired) electrons. The van der Waals surface area contributed by atoms with Gasteiger partial charge in [-0.1, -0.05) is 15.9 Å². The SMILES string of the molecule is O=C(O)Oc1ccc(Br)cc1. The Hall–Kier alpha value is -1.03. The van der Waals surface area contributed by atoms with Crippen molar-refractivity contribution >= 4 is 22.1 Å². The highest BCUT2D eigenvalue weighted by Gasteiger charge is 1.98. The second-order valence-corrected chi connectivity index (χ2v) is 2.74. The topological polar surface area (TPSA) is 46.5 Å². The maximum atomic E-state index is 10.0. The van der Waals surface area contributed by atoms with E-state index in [9.17, 15) is 4.79 Å². The van der Waals surface area contributed by atoms with Gasteiger partial charge in [0.1, 0.15) is 5.75 Å². The highest BCUT2D eigenvalue weighted by molar-refractivity contribution is 9.10. The molecule has 0 aromatic heterocycles. The van der Waals surface area contributed by atoms with Gasteiger partial charge < -0.3 is 9.84 Å². The van der Waals surface area contributed by atoms with Crippen LogP contribution < -0.4 is 4.74 Å². The quantitative estimate of drug-likeness (QED) is 0.580. The van der Waals surface area contributed by atoms with E-state index < -0.39 is 6.16 Å². The minimum absolute atomic E-state index is 0.320. The van der Waals surface area contributed by atoms with Gasteiger partial charge in [0.2, 0.25) is 0 Å². The Labute approximate surface area is 71.7 Å². The molecule has 0 amide bonds. The van der Waals surface area contributed by atoms with Crippen LogP contribution in [0.1, 0.15) is 0 Å². The van der Waals surface area contributed by atoms with Crippen molar-refractivity contribution < 1.29 is 14.6 Å². The molecule has 1 aromatic rings. The second kappa shape index (κ2) is 3.39. The van der Waals surface area contributed by atoms with Crippen LogP contribution in [0.2, 0.25) is 0 Å². The monoisotopic (exact) mass is 216 g/mol. The molecule has 11 heavy (non-hydrogen) atoms. The molecule has 0 saturated carbocycles. The van der Waals surface area contributed by atoms with E-state index in [4.69, 9.17) is 5.11 Å². The highest BCUT2D eigenvalue weighted by atomic mass is 79.9. The van der Waals surface area contributed by atoms with Crippen molar-refractivity contribution in [2.45, 2.75) is 0 Å². The Balaban J connectivity index is 2.74. The molecule has 58 valence electrons. The van der Waals surface area contributed by atoms with Crippen LogP contribution in [-0.4, -0.2) is 11.3 Å². The summed E-state index contributed by atoms with van der Waals surface area (Å²) < 4.78 is 5.25. The first-order valence-corrected chi connectivity index (χ1v) is 3.64. The molecule has 0 heterocycles. The number of ether oxygens (including phenoxy) is 1. The van der Waals surface area contributed by atoms with E-state index in [1.54, 1.807) is 24.3 Å². The molecule has 1 aromatic carbocycles.